The number of rotatable bonds is 10. The molecular formula is C31H30F6N10O. The van der Waals surface area contributed by atoms with Crippen LogP contribution < -0.4 is 0 Å². The fraction of sp³-hybridized carbons (Fsp3) is 0.290. The highest BCUT2D eigenvalue weighted by Gasteiger charge is 2.29. The molecule has 4 aromatic heterocycles. The molecule has 0 radical (unpaired) electrons. The van der Waals surface area contributed by atoms with Gasteiger partial charge in [-0.3, -0.25) is 0 Å². The predicted molar refractivity (Wildman–Crippen MR) is 160 cm³/mol. The number of hydrogen-bond acceptors (Lipinski definition) is 7. The molecule has 0 saturated heterocycles. The summed E-state index contributed by atoms with van der Waals surface area (Å²) in [7, 11) is 0. The Balaban J connectivity index is 0.000000188. The predicted octanol–water partition coefficient (Wildman–Crippen LogP) is 5.37. The van der Waals surface area contributed by atoms with Gasteiger partial charge in [-0.05, 0) is 43.3 Å². The molecule has 252 valence electrons. The van der Waals surface area contributed by atoms with Gasteiger partial charge in [-0.15, -0.1) is 10.2 Å². The third kappa shape index (κ3) is 7.96. The Hall–Kier alpha value is -5.32. The van der Waals surface area contributed by atoms with E-state index in [-0.39, 0.29) is 12.3 Å². The largest absolute Gasteiger partial charge is 0.396 e. The van der Waals surface area contributed by atoms with Crippen LogP contribution in [0, 0.1) is 18.6 Å². The van der Waals surface area contributed by atoms with Crippen LogP contribution in [0.4, 0.5) is 26.3 Å². The second-order valence-electron chi connectivity index (χ2n) is 11.0. The lowest BCUT2D eigenvalue weighted by Crippen LogP contribution is -2.11. The number of aliphatic hydroxyl groups is 1. The van der Waals surface area contributed by atoms with E-state index in [0.717, 1.165) is 30.1 Å². The standard InChI is InChI=1S/C16H16F3N5O.C15H14F3N5/c1-16(18,19)13-8-12(2-3-14(13)17)24-10-11(21-22-24)9-23-6-5-20-15(23)4-7-25;1-10-19-5-6-22(10)8-11-9-23(21-20-11)12-3-4-14(16)13(7-12)15(2,17)18/h2-3,5-6,8,10,25H,4,7,9H2,1H3;3-7,9H,8H2,1-2H3. The second kappa shape index (κ2) is 13.8. The maximum Gasteiger partial charge on any atom is 0.273 e. The molecule has 11 nitrogen and oxygen atoms in total. The number of halogens is 6. The third-order valence-electron chi connectivity index (χ3n) is 7.18. The van der Waals surface area contributed by atoms with E-state index < -0.39 is 34.6 Å². The fourth-order valence-electron chi connectivity index (χ4n) is 4.71. The van der Waals surface area contributed by atoms with Gasteiger partial charge in [0.15, 0.2) is 0 Å². The minimum Gasteiger partial charge on any atom is -0.396 e. The normalized spacial score (nSPS) is 11.9. The minimum atomic E-state index is -3.29. The summed E-state index contributed by atoms with van der Waals surface area (Å²) >= 11 is 0. The Bertz CT molecular complexity index is 1990. The molecule has 0 fully saturated rings. The quantitative estimate of drug-likeness (QED) is 0.195. The van der Waals surface area contributed by atoms with E-state index in [9.17, 15) is 26.3 Å². The van der Waals surface area contributed by atoms with Crippen LogP contribution in [0.25, 0.3) is 11.4 Å². The average molecular weight is 673 g/mol. The molecule has 48 heavy (non-hydrogen) atoms. The van der Waals surface area contributed by atoms with Crippen molar-refractivity contribution in [3.63, 3.8) is 0 Å². The number of aromatic nitrogens is 10. The SMILES string of the molecule is CC(F)(F)c1cc(-n2cc(Cn3ccnc3CCO)nn2)ccc1F.Cc1nccn1Cc1cn(-c2ccc(F)c(C(C)(F)F)c2)nn1. The van der Waals surface area contributed by atoms with Crippen molar-refractivity contribution in [3.05, 3.63) is 119 Å². The van der Waals surface area contributed by atoms with Crippen molar-refractivity contribution < 1.29 is 31.4 Å². The van der Waals surface area contributed by atoms with Gasteiger partial charge in [-0.25, -0.2) is 45.7 Å². The molecule has 4 heterocycles. The molecule has 2 aromatic carbocycles. The Morgan fingerprint density at radius 1 is 0.708 bits per heavy atom. The second-order valence-corrected chi connectivity index (χ2v) is 11.0. The number of aryl methyl sites for hydroxylation is 1. The van der Waals surface area contributed by atoms with E-state index in [1.54, 1.807) is 35.6 Å². The number of alkyl halides is 4. The molecular weight excluding hydrogens is 642 g/mol. The Morgan fingerprint density at radius 3 is 1.65 bits per heavy atom. The first-order valence-electron chi connectivity index (χ1n) is 14.5. The van der Waals surface area contributed by atoms with Crippen LogP contribution in [0.3, 0.4) is 0 Å². The van der Waals surface area contributed by atoms with Crippen LogP contribution in [-0.2, 0) is 31.4 Å². The summed E-state index contributed by atoms with van der Waals surface area (Å²) in [6.07, 6.45) is 10.5. The van der Waals surface area contributed by atoms with Crippen molar-refractivity contribution in [2.75, 3.05) is 6.61 Å². The smallest absolute Gasteiger partial charge is 0.273 e. The Kier molecular flexibility index (Phi) is 9.79. The van der Waals surface area contributed by atoms with Gasteiger partial charge in [0.2, 0.25) is 0 Å². The van der Waals surface area contributed by atoms with Crippen LogP contribution in [-0.4, -0.2) is 60.8 Å². The Labute approximate surface area is 270 Å². The van der Waals surface area contributed by atoms with E-state index in [2.05, 4.69) is 30.6 Å². The first-order chi connectivity index (χ1) is 22.7. The minimum absolute atomic E-state index is 0.0205. The number of benzene rings is 2. The van der Waals surface area contributed by atoms with Crippen LogP contribution in [0.15, 0.2) is 73.6 Å². The molecule has 0 aliphatic heterocycles. The summed E-state index contributed by atoms with van der Waals surface area (Å²) in [5.41, 5.74) is 0.466. The summed E-state index contributed by atoms with van der Waals surface area (Å²) in [5.74, 6) is -6.95. The average Bonchev–Trinajstić information content (AvgIpc) is 3.84. The van der Waals surface area contributed by atoms with Crippen molar-refractivity contribution in [2.45, 2.75) is 52.1 Å². The summed E-state index contributed by atoms with van der Waals surface area (Å²) < 4.78 is 87.3. The van der Waals surface area contributed by atoms with Crippen molar-refractivity contribution in [2.24, 2.45) is 0 Å². The molecule has 0 atom stereocenters. The van der Waals surface area contributed by atoms with Gasteiger partial charge in [0.1, 0.15) is 34.7 Å². The molecule has 6 aromatic rings. The molecule has 0 amide bonds. The molecule has 0 unspecified atom stereocenters. The van der Waals surface area contributed by atoms with Gasteiger partial charge < -0.3 is 14.2 Å². The van der Waals surface area contributed by atoms with Gasteiger partial charge >= 0.3 is 0 Å². The maximum atomic E-state index is 13.6. The van der Waals surface area contributed by atoms with E-state index in [4.69, 9.17) is 5.11 Å². The molecule has 0 aliphatic carbocycles. The molecule has 6 rings (SSSR count). The van der Waals surface area contributed by atoms with Crippen LogP contribution in [0.1, 0.15) is 48.0 Å². The maximum absolute atomic E-state index is 13.6. The van der Waals surface area contributed by atoms with E-state index in [0.29, 0.717) is 56.3 Å². The number of hydrogen-bond donors (Lipinski definition) is 1. The molecule has 1 N–H and O–H groups in total. The zero-order valence-corrected chi connectivity index (χ0v) is 25.9. The van der Waals surface area contributed by atoms with Crippen LogP contribution >= 0.6 is 0 Å². The third-order valence-corrected chi connectivity index (χ3v) is 7.18. The van der Waals surface area contributed by atoms with Crippen molar-refractivity contribution in [3.8, 4) is 11.4 Å². The van der Waals surface area contributed by atoms with E-state index >= 15 is 0 Å². The molecule has 0 saturated carbocycles. The summed E-state index contributed by atoms with van der Waals surface area (Å²) in [6.45, 7) is 3.97. The summed E-state index contributed by atoms with van der Waals surface area (Å²) in [5, 5.41) is 24.9. The van der Waals surface area contributed by atoms with Gasteiger partial charge in [0.05, 0.1) is 54.6 Å². The van der Waals surface area contributed by atoms with E-state index in [1.807, 2.05) is 17.7 Å². The fourth-order valence-corrected chi connectivity index (χ4v) is 4.71. The lowest BCUT2D eigenvalue weighted by Gasteiger charge is -2.12. The lowest BCUT2D eigenvalue weighted by atomic mass is 10.1. The molecule has 0 aliphatic rings. The molecule has 0 spiro atoms. The van der Waals surface area contributed by atoms with Crippen LogP contribution in [0.2, 0.25) is 0 Å². The van der Waals surface area contributed by atoms with Crippen molar-refractivity contribution in [1.29, 1.82) is 0 Å². The van der Waals surface area contributed by atoms with Gasteiger partial charge in [-0.2, -0.15) is 0 Å². The highest BCUT2D eigenvalue weighted by molar-refractivity contribution is 5.39. The van der Waals surface area contributed by atoms with Crippen LogP contribution in [0.5, 0.6) is 0 Å². The molecule has 17 heteroatoms. The summed E-state index contributed by atoms with van der Waals surface area (Å²) in [4.78, 5) is 8.25. The monoisotopic (exact) mass is 672 g/mol. The van der Waals surface area contributed by atoms with Crippen molar-refractivity contribution in [1.82, 2.24) is 49.1 Å². The number of imidazole rings is 2. The zero-order valence-electron chi connectivity index (χ0n) is 25.9. The highest BCUT2D eigenvalue weighted by atomic mass is 19.3. The van der Waals surface area contributed by atoms with E-state index in [1.165, 1.54) is 21.5 Å². The Morgan fingerprint density at radius 2 is 1.19 bits per heavy atom. The van der Waals surface area contributed by atoms with Gasteiger partial charge in [0.25, 0.3) is 11.8 Å². The summed E-state index contributed by atoms with van der Waals surface area (Å²) in [6, 6.07) is 6.86. The number of aliphatic hydroxyl groups excluding tert-OH is 1. The zero-order chi connectivity index (χ0) is 34.6. The van der Waals surface area contributed by atoms with Gasteiger partial charge in [0, 0.05) is 45.1 Å². The van der Waals surface area contributed by atoms with Crippen molar-refractivity contribution >= 4 is 0 Å². The van der Waals surface area contributed by atoms with Gasteiger partial charge in [-0.1, -0.05) is 10.4 Å². The number of nitrogens with zero attached hydrogens (tertiary/aromatic N) is 10. The molecule has 0 bridgehead atoms. The lowest BCUT2D eigenvalue weighted by molar-refractivity contribution is 0.0130. The first kappa shape index (κ1) is 34.0. The topological polar surface area (TPSA) is 117 Å². The first-order valence-corrected chi connectivity index (χ1v) is 14.5. The highest BCUT2D eigenvalue weighted by Crippen LogP contribution is 2.31.